The van der Waals surface area contributed by atoms with Crippen molar-refractivity contribution in [2.24, 2.45) is 0 Å². The Morgan fingerprint density at radius 2 is 1.87 bits per heavy atom. The van der Waals surface area contributed by atoms with E-state index in [4.69, 9.17) is 9.47 Å². The first-order valence-corrected chi connectivity index (χ1v) is 13.2. The van der Waals surface area contributed by atoms with Crippen molar-refractivity contribution >= 4 is 52.9 Å². The number of aromatic nitrogens is 2. The third kappa shape index (κ3) is 3.78. The molecule has 6 nitrogen and oxygen atoms in total. The highest BCUT2D eigenvalue weighted by Gasteiger charge is 2.32. The summed E-state index contributed by atoms with van der Waals surface area (Å²) >= 11 is 2.28. The van der Waals surface area contributed by atoms with Gasteiger partial charge in [0.2, 0.25) is 0 Å². The minimum absolute atomic E-state index is 0.0952. The van der Waals surface area contributed by atoms with Crippen LogP contribution in [0.15, 0.2) is 73.2 Å². The number of methoxy groups -OCH3 is 1. The molecule has 1 aliphatic heterocycles. The van der Waals surface area contributed by atoms with Gasteiger partial charge in [0.05, 0.1) is 42.7 Å². The Hall–Kier alpha value is -2.59. The molecule has 0 radical (unpaired) electrons. The minimum Gasteiger partial charge on any atom is -0.487 e. The molecule has 0 atom stereocenters. The number of carbonyl (C=O) groups is 1. The number of esters is 1. The van der Waals surface area contributed by atoms with E-state index in [1.165, 1.54) is 18.0 Å². The molecule has 158 valence electrons. The number of halogens is 1. The van der Waals surface area contributed by atoms with E-state index in [2.05, 4.69) is 54.5 Å². The van der Waals surface area contributed by atoms with Crippen LogP contribution >= 0.6 is 30.3 Å². The fourth-order valence-electron chi connectivity index (χ4n) is 3.95. The van der Waals surface area contributed by atoms with Crippen molar-refractivity contribution < 1.29 is 14.3 Å². The molecule has 5 rings (SSSR count). The Bertz CT molecular complexity index is 1230. The van der Waals surface area contributed by atoms with Crippen molar-refractivity contribution in [3.63, 3.8) is 0 Å². The van der Waals surface area contributed by atoms with Gasteiger partial charge in [-0.25, -0.2) is 4.79 Å². The number of rotatable bonds is 6. The van der Waals surface area contributed by atoms with Gasteiger partial charge in [0.1, 0.15) is 11.9 Å². The summed E-state index contributed by atoms with van der Waals surface area (Å²) in [6.07, 6.45) is 6.04. The summed E-state index contributed by atoms with van der Waals surface area (Å²) in [5.74, 6) is 0.533. The number of carbonyl (C=O) groups excluding carboxylic acids is 1. The number of para-hydroxylation sites is 1. The van der Waals surface area contributed by atoms with Crippen molar-refractivity contribution in [1.82, 2.24) is 8.54 Å². The first-order valence-electron chi connectivity index (χ1n) is 9.84. The summed E-state index contributed by atoms with van der Waals surface area (Å²) in [5.41, 5.74) is 3.55. The lowest BCUT2D eigenvalue weighted by atomic mass is 10.1. The van der Waals surface area contributed by atoms with Crippen molar-refractivity contribution in [3.05, 3.63) is 78.8 Å². The van der Waals surface area contributed by atoms with Crippen LogP contribution in [0.25, 0.3) is 16.6 Å². The van der Waals surface area contributed by atoms with Crippen molar-refractivity contribution in [3.8, 4) is 11.4 Å². The van der Waals surface area contributed by atoms with Gasteiger partial charge in [-0.05, 0) is 48.5 Å². The first kappa shape index (κ1) is 20.3. The molecule has 8 heteroatoms. The summed E-state index contributed by atoms with van der Waals surface area (Å²) in [6.45, 7) is 1.50. The fourth-order valence-corrected chi connectivity index (χ4v) is 5.32. The molecule has 0 N–H and O–H groups in total. The lowest BCUT2D eigenvalue weighted by Crippen LogP contribution is -2.54. The molecule has 2 aromatic carbocycles. The van der Waals surface area contributed by atoms with Gasteiger partial charge in [-0.2, -0.15) is 0 Å². The Balaban J connectivity index is 1.35. The average Bonchev–Trinajstić information content (AvgIpc) is 3.44. The molecule has 0 spiro atoms. The van der Waals surface area contributed by atoms with Gasteiger partial charge in [0, 0.05) is 54.3 Å². The number of hydrogen-bond donors (Lipinski definition) is 0. The molecule has 1 aliphatic rings. The summed E-state index contributed by atoms with van der Waals surface area (Å²) in [6, 6.07) is 17.9. The maximum absolute atomic E-state index is 12.4. The van der Waals surface area contributed by atoms with E-state index >= 15 is 0 Å². The summed E-state index contributed by atoms with van der Waals surface area (Å²) in [7, 11) is 3.06. The van der Waals surface area contributed by atoms with Crippen LogP contribution in [0, 0.1) is 0 Å². The van der Waals surface area contributed by atoms with Crippen LogP contribution in [0.3, 0.4) is 0 Å². The molecule has 0 unspecified atom stereocenters. The van der Waals surface area contributed by atoms with Gasteiger partial charge in [0.15, 0.2) is 0 Å². The number of hydrogen-bond acceptors (Lipinski definition) is 5. The van der Waals surface area contributed by atoms with Crippen LogP contribution in [0.2, 0.25) is 0 Å². The zero-order valence-corrected chi connectivity index (χ0v) is 19.7. The van der Waals surface area contributed by atoms with E-state index in [1.807, 2.05) is 47.3 Å². The van der Waals surface area contributed by atoms with Gasteiger partial charge in [-0.3, -0.25) is 3.97 Å². The highest BCUT2D eigenvalue weighted by Crippen LogP contribution is 2.34. The largest absolute Gasteiger partial charge is 0.487 e. The Morgan fingerprint density at radius 1 is 1.06 bits per heavy atom. The van der Waals surface area contributed by atoms with Crippen LogP contribution in [-0.2, 0) is 4.74 Å². The zero-order valence-electron chi connectivity index (χ0n) is 16.8. The minimum atomic E-state index is -0.344. The Kier molecular flexibility index (Phi) is 5.58. The molecule has 0 bridgehead atoms. The Labute approximate surface area is 196 Å². The average molecular weight is 545 g/mol. The van der Waals surface area contributed by atoms with Gasteiger partial charge in [-0.1, -0.05) is 6.07 Å². The van der Waals surface area contributed by atoms with Crippen LogP contribution in [-0.4, -0.2) is 40.8 Å². The molecule has 4 aromatic rings. The molecule has 1 fully saturated rings. The van der Waals surface area contributed by atoms with E-state index in [1.54, 1.807) is 15.2 Å². The maximum atomic E-state index is 12.4. The third-order valence-corrected chi connectivity index (χ3v) is 7.21. The smallest absolute Gasteiger partial charge is 0.340 e. The molecular weight excluding hydrogens is 525 g/mol. The van der Waals surface area contributed by atoms with E-state index in [0.29, 0.717) is 5.56 Å². The number of ether oxygens (including phenoxy) is 2. The van der Waals surface area contributed by atoms with Gasteiger partial charge >= 0.3 is 5.97 Å². The summed E-state index contributed by atoms with van der Waals surface area (Å²) in [5, 5.41) is 1.17. The second kappa shape index (κ2) is 8.51. The highest BCUT2D eigenvalue weighted by atomic mass is 127. The predicted molar refractivity (Wildman–Crippen MR) is 133 cm³/mol. The molecule has 1 saturated heterocycles. The highest BCUT2D eigenvalue weighted by molar-refractivity contribution is 14.2. The molecule has 2 aromatic heterocycles. The van der Waals surface area contributed by atoms with E-state index < -0.39 is 0 Å². The number of anilines is 1. The monoisotopic (exact) mass is 545 g/mol. The molecule has 0 amide bonds. The number of benzene rings is 2. The molecule has 0 aliphatic carbocycles. The molecule has 31 heavy (non-hydrogen) atoms. The third-order valence-electron chi connectivity index (χ3n) is 5.47. The topological polar surface area (TPSA) is 48.6 Å². The predicted octanol–water partition coefficient (Wildman–Crippen LogP) is 5.33. The lowest BCUT2D eigenvalue weighted by molar-refractivity contribution is 0.0601. The quantitative estimate of drug-likeness (QED) is 0.242. The zero-order chi connectivity index (χ0) is 21.4. The lowest BCUT2D eigenvalue weighted by Gasteiger charge is -2.41. The second-order valence-corrected chi connectivity index (χ2v) is 9.04. The van der Waals surface area contributed by atoms with E-state index in [-0.39, 0.29) is 12.1 Å². The normalized spacial score (nSPS) is 13.9. The Morgan fingerprint density at radius 3 is 2.61 bits per heavy atom. The first-order chi connectivity index (χ1) is 15.2. The van der Waals surface area contributed by atoms with Gasteiger partial charge in [-0.15, -0.1) is 0 Å². The van der Waals surface area contributed by atoms with E-state index in [0.717, 1.165) is 30.2 Å². The molecular formula is C23H20IN3O3S. The number of fused-ring (bicyclic) bond motifs is 1. The second-order valence-electron chi connectivity index (χ2n) is 7.33. The SMILES string of the molecule is COC(=O)c1cccc(N2CC(Oc3ccc4c(ccn4SI)c3)C2)c1-n1cccc1. The standard InChI is InChI=1S/C23H20IN3O3S/c1-29-23(28)19-5-4-6-21(22(19)25-10-2-3-11-25)26-14-18(15-26)30-17-7-8-20-16(13-17)9-12-27(20)31-24/h2-13,18H,14-15H2,1H3. The van der Waals surface area contributed by atoms with Crippen LogP contribution in [0.1, 0.15) is 10.4 Å². The molecule has 0 saturated carbocycles. The maximum Gasteiger partial charge on any atom is 0.340 e. The van der Waals surface area contributed by atoms with Crippen molar-refractivity contribution in [2.75, 3.05) is 25.1 Å². The van der Waals surface area contributed by atoms with Crippen LogP contribution in [0.4, 0.5) is 5.69 Å². The van der Waals surface area contributed by atoms with Crippen LogP contribution in [0.5, 0.6) is 5.75 Å². The molecule has 3 heterocycles. The van der Waals surface area contributed by atoms with Crippen LogP contribution < -0.4 is 9.64 Å². The fraction of sp³-hybridized carbons (Fsp3) is 0.174. The van der Waals surface area contributed by atoms with Crippen molar-refractivity contribution in [1.29, 1.82) is 0 Å². The van der Waals surface area contributed by atoms with Gasteiger partial charge in [0.25, 0.3) is 0 Å². The summed E-state index contributed by atoms with van der Waals surface area (Å²) in [4.78, 5) is 14.6. The number of nitrogens with zero attached hydrogens (tertiary/aromatic N) is 3. The van der Waals surface area contributed by atoms with Gasteiger partial charge < -0.3 is 18.9 Å². The van der Waals surface area contributed by atoms with Crippen molar-refractivity contribution in [2.45, 2.75) is 6.10 Å². The van der Waals surface area contributed by atoms with E-state index in [9.17, 15) is 4.79 Å². The summed E-state index contributed by atoms with van der Waals surface area (Å²) < 4.78 is 15.3.